The van der Waals surface area contributed by atoms with E-state index in [1.807, 2.05) is 6.07 Å². The van der Waals surface area contributed by atoms with Gasteiger partial charge in [-0.1, -0.05) is 6.07 Å². The first-order chi connectivity index (χ1) is 12.7. The Morgan fingerprint density at radius 1 is 1.12 bits per heavy atom. The highest BCUT2D eigenvalue weighted by Crippen LogP contribution is 2.34. The van der Waals surface area contributed by atoms with Gasteiger partial charge in [-0.05, 0) is 61.3 Å². The Morgan fingerprint density at radius 2 is 1.88 bits per heavy atom. The number of hydrogen-bond donors (Lipinski definition) is 2. The van der Waals surface area contributed by atoms with Crippen LogP contribution in [0.2, 0.25) is 0 Å². The van der Waals surface area contributed by atoms with Crippen molar-refractivity contribution in [3.63, 3.8) is 0 Å². The maximum absolute atomic E-state index is 12.6. The molecule has 140 valence electrons. The number of piperidine rings is 1. The number of ether oxygens (including phenoxy) is 1. The van der Waals surface area contributed by atoms with Crippen molar-refractivity contribution in [1.82, 2.24) is 10.2 Å². The number of nitrogens with one attached hydrogen (secondary N) is 2. The molecule has 2 amide bonds. The maximum Gasteiger partial charge on any atom is 0.319 e. The van der Waals surface area contributed by atoms with Gasteiger partial charge in [0.2, 0.25) is 0 Å². The minimum Gasteiger partial charge on any atom is -0.381 e. The van der Waals surface area contributed by atoms with Gasteiger partial charge in [0.1, 0.15) is 0 Å². The molecule has 2 aliphatic heterocycles. The van der Waals surface area contributed by atoms with Crippen LogP contribution in [-0.4, -0.2) is 49.8 Å². The molecule has 2 heterocycles. The first-order valence-electron chi connectivity index (χ1n) is 10.2. The van der Waals surface area contributed by atoms with Gasteiger partial charge >= 0.3 is 6.03 Å². The first kappa shape index (κ1) is 16.6. The second kappa shape index (κ2) is 6.86. The number of anilines is 1. The number of amides is 2. The monoisotopic (exact) mass is 355 g/mol. The Bertz CT molecular complexity index is 674. The molecule has 2 bridgehead atoms. The third-order valence-corrected chi connectivity index (χ3v) is 6.53. The van der Waals surface area contributed by atoms with Gasteiger partial charge in [0, 0.05) is 43.2 Å². The van der Waals surface area contributed by atoms with E-state index in [9.17, 15) is 4.79 Å². The van der Waals surface area contributed by atoms with Crippen LogP contribution < -0.4 is 10.6 Å². The molecule has 3 fully saturated rings. The van der Waals surface area contributed by atoms with Crippen LogP contribution >= 0.6 is 0 Å². The highest BCUT2D eigenvalue weighted by molar-refractivity contribution is 5.89. The van der Waals surface area contributed by atoms with E-state index >= 15 is 0 Å². The van der Waals surface area contributed by atoms with Gasteiger partial charge in [-0.15, -0.1) is 0 Å². The molecule has 2 saturated heterocycles. The molecule has 2 aliphatic carbocycles. The average molecular weight is 355 g/mol. The molecule has 5 heteroatoms. The summed E-state index contributed by atoms with van der Waals surface area (Å²) in [6.07, 6.45) is 6.33. The van der Waals surface area contributed by atoms with E-state index < -0.39 is 0 Å². The third kappa shape index (κ3) is 3.47. The summed E-state index contributed by atoms with van der Waals surface area (Å²) in [5.74, 6) is 1.74. The number of carbonyl (C=O) groups excluding carboxylic acids is 1. The lowest BCUT2D eigenvalue weighted by molar-refractivity contribution is -0.0617. The van der Waals surface area contributed by atoms with Crippen molar-refractivity contribution in [3.8, 4) is 0 Å². The molecule has 5 nitrogen and oxygen atoms in total. The first-order valence-corrected chi connectivity index (χ1v) is 10.2. The molecule has 0 spiro atoms. The van der Waals surface area contributed by atoms with Crippen molar-refractivity contribution in [2.45, 2.75) is 38.1 Å². The summed E-state index contributed by atoms with van der Waals surface area (Å²) >= 11 is 0. The number of rotatable bonds is 4. The third-order valence-electron chi connectivity index (χ3n) is 6.53. The number of nitrogens with zero attached hydrogens (tertiary/aromatic N) is 1. The normalized spacial score (nSPS) is 30.7. The Morgan fingerprint density at radius 3 is 2.65 bits per heavy atom. The minimum absolute atomic E-state index is 0.0690. The molecule has 2 atom stereocenters. The molecular weight excluding hydrogens is 326 g/mol. The van der Waals surface area contributed by atoms with Crippen LogP contribution in [-0.2, 0) is 17.6 Å². The Balaban J connectivity index is 1.20. The smallest absolute Gasteiger partial charge is 0.319 e. The highest BCUT2D eigenvalue weighted by Gasteiger charge is 2.42. The van der Waals surface area contributed by atoms with Crippen LogP contribution in [0.4, 0.5) is 10.5 Å². The maximum atomic E-state index is 12.6. The Kier molecular flexibility index (Phi) is 4.37. The predicted molar refractivity (Wildman–Crippen MR) is 101 cm³/mol. The SMILES string of the molecule is O=C(Nc1ccc2c(c1)CCC2)NC1C2COCC1CN(CC1CC1)C2. The van der Waals surface area contributed by atoms with E-state index in [1.54, 1.807) is 0 Å². The van der Waals surface area contributed by atoms with Crippen LogP contribution in [0.15, 0.2) is 18.2 Å². The van der Waals surface area contributed by atoms with Gasteiger partial charge in [-0.3, -0.25) is 0 Å². The lowest BCUT2D eigenvalue weighted by atomic mass is 9.82. The average Bonchev–Trinajstić information content (AvgIpc) is 3.29. The number of fused-ring (bicyclic) bond motifs is 3. The fourth-order valence-electron chi connectivity index (χ4n) is 5.05. The second-order valence-electron chi connectivity index (χ2n) is 8.68. The van der Waals surface area contributed by atoms with Crippen LogP contribution in [0, 0.1) is 17.8 Å². The fraction of sp³-hybridized carbons (Fsp3) is 0.667. The highest BCUT2D eigenvalue weighted by atomic mass is 16.5. The summed E-state index contributed by atoms with van der Waals surface area (Å²) in [7, 11) is 0. The molecule has 2 N–H and O–H groups in total. The number of aryl methyl sites for hydroxylation is 2. The molecule has 26 heavy (non-hydrogen) atoms. The molecular formula is C21H29N3O2. The van der Waals surface area contributed by atoms with Crippen LogP contribution in [0.3, 0.4) is 0 Å². The summed E-state index contributed by atoms with van der Waals surface area (Å²) in [6, 6.07) is 6.50. The van der Waals surface area contributed by atoms with E-state index in [2.05, 4.69) is 27.7 Å². The summed E-state index contributed by atoms with van der Waals surface area (Å²) in [5, 5.41) is 6.33. The lowest BCUT2D eigenvalue weighted by Crippen LogP contribution is -2.62. The van der Waals surface area contributed by atoms with Crippen molar-refractivity contribution in [2.24, 2.45) is 17.8 Å². The van der Waals surface area contributed by atoms with Crippen molar-refractivity contribution < 1.29 is 9.53 Å². The van der Waals surface area contributed by atoms with E-state index in [1.165, 1.54) is 43.4 Å². The van der Waals surface area contributed by atoms with Crippen molar-refractivity contribution in [1.29, 1.82) is 0 Å². The van der Waals surface area contributed by atoms with Gasteiger partial charge in [0.05, 0.1) is 13.2 Å². The second-order valence-corrected chi connectivity index (χ2v) is 8.68. The molecule has 5 rings (SSSR count). The molecule has 2 unspecified atom stereocenters. The van der Waals surface area contributed by atoms with E-state index in [4.69, 9.17) is 4.74 Å². The van der Waals surface area contributed by atoms with E-state index in [0.29, 0.717) is 11.8 Å². The summed E-state index contributed by atoms with van der Waals surface area (Å²) in [5.41, 5.74) is 3.74. The quantitative estimate of drug-likeness (QED) is 0.873. The van der Waals surface area contributed by atoms with Crippen LogP contribution in [0.5, 0.6) is 0 Å². The number of carbonyl (C=O) groups is 1. The molecule has 0 aromatic heterocycles. The standard InChI is InChI=1S/C21H29N3O2/c25-21(22-19-7-6-15-2-1-3-16(15)8-19)23-20-17-10-24(9-14-4-5-14)11-18(20)13-26-12-17/h6-8,14,17-18,20H,1-5,9-13H2,(H2,22,23,25). The molecule has 1 aromatic carbocycles. The zero-order valence-corrected chi connectivity index (χ0v) is 15.4. The zero-order chi connectivity index (χ0) is 17.5. The van der Waals surface area contributed by atoms with Gasteiger partial charge in [-0.25, -0.2) is 4.79 Å². The van der Waals surface area contributed by atoms with Crippen molar-refractivity contribution in [2.75, 3.05) is 38.2 Å². The van der Waals surface area contributed by atoms with E-state index in [-0.39, 0.29) is 12.1 Å². The topological polar surface area (TPSA) is 53.6 Å². The molecule has 4 aliphatic rings. The molecule has 1 saturated carbocycles. The zero-order valence-electron chi connectivity index (χ0n) is 15.4. The van der Waals surface area contributed by atoms with Gasteiger partial charge in [0.25, 0.3) is 0 Å². The largest absolute Gasteiger partial charge is 0.381 e. The summed E-state index contributed by atoms with van der Waals surface area (Å²) in [4.78, 5) is 15.2. The van der Waals surface area contributed by atoms with Gasteiger partial charge in [0.15, 0.2) is 0 Å². The van der Waals surface area contributed by atoms with Gasteiger partial charge in [-0.2, -0.15) is 0 Å². The number of likely N-dealkylation sites (tertiary alicyclic amines) is 1. The van der Waals surface area contributed by atoms with Crippen LogP contribution in [0.25, 0.3) is 0 Å². The fourth-order valence-corrected chi connectivity index (χ4v) is 5.05. The van der Waals surface area contributed by atoms with Crippen molar-refractivity contribution >= 4 is 11.7 Å². The van der Waals surface area contributed by atoms with Crippen molar-refractivity contribution in [3.05, 3.63) is 29.3 Å². The predicted octanol–water partition coefficient (Wildman–Crippen LogP) is 2.65. The van der Waals surface area contributed by atoms with E-state index in [0.717, 1.165) is 44.3 Å². The molecule has 0 radical (unpaired) electrons. The number of urea groups is 1. The van der Waals surface area contributed by atoms with Gasteiger partial charge < -0.3 is 20.3 Å². The number of hydrogen-bond acceptors (Lipinski definition) is 3. The summed E-state index contributed by atoms with van der Waals surface area (Å²) in [6.45, 7) is 4.87. The Labute approximate surface area is 155 Å². The summed E-state index contributed by atoms with van der Waals surface area (Å²) < 4.78 is 5.79. The van der Waals surface area contributed by atoms with Crippen LogP contribution in [0.1, 0.15) is 30.4 Å². The minimum atomic E-state index is -0.0690. The lowest BCUT2D eigenvalue weighted by Gasteiger charge is -2.47. The number of benzene rings is 1. The molecule has 1 aromatic rings. The Hall–Kier alpha value is -1.59.